The highest BCUT2D eigenvalue weighted by Gasteiger charge is 2.15. The van der Waals surface area contributed by atoms with E-state index in [0.29, 0.717) is 17.9 Å². The third-order valence-corrected chi connectivity index (χ3v) is 2.94. The monoisotopic (exact) mass is 229 g/mol. The van der Waals surface area contributed by atoms with E-state index in [1.54, 1.807) is 18.2 Å². The van der Waals surface area contributed by atoms with Gasteiger partial charge in [0.25, 0.3) is 0 Å². The van der Waals surface area contributed by atoms with Gasteiger partial charge in [0, 0.05) is 6.04 Å². The van der Waals surface area contributed by atoms with Crippen molar-refractivity contribution in [2.45, 2.75) is 26.3 Å². The Bertz CT molecular complexity index is 325. The Morgan fingerprint density at radius 1 is 1.40 bits per heavy atom. The minimum atomic E-state index is -0.292. The fourth-order valence-electron chi connectivity index (χ4n) is 1.61. The van der Waals surface area contributed by atoms with Crippen LogP contribution >= 0.6 is 11.6 Å². The van der Waals surface area contributed by atoms with Gasteiger partial charge in [-0.2, -0.15) is 0 Å². The zero-order valence-corrected chi connectivity index (χ0v) is 10.1. The second-order valence-electron chi connectivity index (χ2n) is 4.06. The van der Waals surface area contributed by atoms with Gasteiger partial charge >= 0.3 is 0 Å². The molecule has 0 aromatic heterocycles. The lowest BCUT2D eigenvalue weighted by molar-refractivity contribution is 0.418. The van der Waals surface area contributed by atoms with Gasteiger partial charge in [-0.1, -0.05) is 37.6 Å². The number of rotatable bonds is 4. The summed E-state index contributed by atoms with van der Waals surface area (Å²) < 4.78 is 13.6. The van der Waals surface area contributed by atoms with Crippen molar-refractivity contribution in [1.29, 1.82) is 0 Å². The van der Waals surface area contributed by atoms with Gasteiger partial charge in [0.15, 0.2) is 0 Å². The highest BCUT2D eigenvalue weighted by atomic mass is 35.5. The normalized spacial score (nSPS) is 13.2. The fourth-order valence-corrected chi connectivity index (χ4v) is 1.81. The summed E-state index contributed by atoms with van der Waals surface area (Å²) in [6, 6.07) is 5.42. The van der Waals surface area contributed by atoms with Gasteiger partial charge in [-0.3, -0.25) is 0 Å². The van der Waals surface area contributed by atoms with Crippen molar-refractivity contribution in [3.05, 3.63) is 34.6 Å². The topological polar surface area (TPSA) is 12.0 Å². The lowest BCUT2D eigenvalue weighted by Crippen LogP contribution is -2.33. The molecule has 1 rings (SSSR count). The van der Waals surface area contributed by atoms with Crippen LogP contribution in [-0.2, 0) is 6.42 Å². The van der Waals surface area contributed by atoms with E-state index in [1.807, 2.05) is 7.05 Å². The van der Waals surface area contributed by atoms with Crippen molar-refractivity contribution in [1.82, 2.24) is 5.32 Å². The lowest BCUT2D eigenvalue weighted by atomic mass is 9.96. The van der Waals surface area contributed by atoms with Crippen molar-refractivity contribution in [3.63, 3.8) is 0 Å². The standard InChI is InChI=1S/C12H17ClFN/c1-8(2)11(15-3)7-9-5-4-6-10(13)12(9)14/h4-6,8,11,15H,7H2,1-3H3. The molecule has 0 heterocycles. The Morgan fingerprint density at radius 2 is 2.07 bits per heavy atom. The van der Waals surface area contributed by atoms with Crippen LogP contribution in [0.2, 0.25) is 5.02 Å². The molecule has 84 valence electrons. The maximum absolute atomic E-state index is 13.6. The SMILES string of the molecule is CNC(Cc1cccc(Cl)c1F)C(C)C. The number of nitrogens with one attached hydrogen (secondary N) is 1. The van der Waals surface area contributed by atoms with E-state index in [9.17, 15) is 4.39 Å². The molecule has 1 aromatic rings. The Kier molecular flexibility index (Phi) is 4.55. The average Bonchev–Trinajstić information content (AvgIpc) is 2.19. The van der Waals surface area contributed by atoms with Gasteiger partial charge < -0.3 is 5.32 Å². The third-order valence-electron chi connectivity index (χ3n) is 2.65. The molecule has 15 heavy (non-hydrogen) atoms. The molecule has 0 radical (unpaired) electrons. The molecule has 0 aliphatic heterocycles. The van der Waals surface area contributed by atoms with Crippen LogP contribution in [0, 0.1) is 11.7 Å². The molecule has 0 saturated carbocycles. The van der Waals surface area contributed by atoms with Crippen molar-refractivity contribution < 1.29 is 4.39 Å². The Labute approximate surface area is 95.6 Å². The van der Waals surface area contributed by atoms with Crippen LogP contribution < -0.4 is 5.32 Å². The van der Waals surface area contributed by atoms with E-state index < -0.39 is 0 Å². The third kappa shape index (κ3) is 3.18. The molecule has 0 bridgehead atoms. The zero-order chi connectivity index (χ0) is 11.4. The summed E-state index contributed by atoms with van der Waals surface area (Å²) in [6.07, 6.45) is 0.667. The van der Waals surface area contributed by atoms with Gasteiger partial charge in [0.1, 0.15) is 5.82 Å². The molecule has 0 fully saturated rings. The van der Waals surface area contributed by atoms with Crippen LogP contribution in [0.1, 0.15) is 19.4 Å². The summed E-state index contributed by atoms with van der Waals surface area (Å²) in [5, 5.41) is 3.39. The van der Waals surface area contributed by atoms with E-state index >= 15 is 0 Å². The number of hydrogen-bond donors (Lipinski definition) is 1. The molecule has 1 nitrogen and oxygen atoms in total. The predicted octanol–water partition coefficient (Wildman–Crippen LogP) is 3.27. The molecule has 1 unspecified atom stereocenters. The first-order valence-electron chi connectivity index (χ1n) is 5.16. The van der Waals surface area contributed by atoms with Crippen LogP contribution in [0.25, 0.3) is 0 Å². The predicted molar refractivity (Wildman–Crippen MR) is 62.8 cm³/mol. The van der Waals surface area contributed by atoms with E-state index in [-0.39, 0.29) is 16.9 Å². The summed E-state index contributed by atoms with van der Waals surface area (Å²) in [5.74, 6) is 0.174. The largest absolute Gasteiger partial charge is 0.316 e. The van der Waals surface area contributed by atoms with E-state index in [2.05, 4.69) is 19.2 Å². The molecule has 1 N–H and O–H groups in total. The number of hydrogen-bond acceptors (Lipinski definition) is 1. The van der Waals surface area contributed by atoms with E-state index in [4.69, 9.17) is 11.6 Å². The summed E-state index contributed by atoms with van der Waals surface area (Å²) in [5.41, 5.74) is 0.676. The van der Waals surface area contributed by atoms with Crippen molar-refractivity contribution >= 4 is 11.6 Å². The molecule has 3 heteroatoms. The Balaban J connectivity index is 2.84. The average molecular weight is 230 g/mol. The van der Waals surface area contributed by atoms with Crippen LogP contribution in [-0.4, -0.2) is 13.1 Å². The van der Waals surface area contributed by atoms with Crippen molar-refractivity contribution in [3.8, 4) is 0 Å². The van der Waals surface area contributed by atoms with Crippen LogP contribution in [0.15, 0.2) is 18.2 Å². The van der Waals surface area contributed by atoms with Gasteiger partial charge in [0.2, 0.25) is 0 Å². The van der Waals surface area contributed by atoms with Gasteiger partial charge in [-0.15, -0.1) is 0 Å². The summed E-state index contributed by atoms with van der Waals surface area (Å²) in [4.78, 5) is 0. The van der Waals surface area contributed by atoms with E-state index in [1.165, 1.54) is 0 Å². The summed E-state index contributed by atoms with van der Waals surface area (Å²) >= 11 is 5.72. The Hall–Kier alpha value is -0.600. The first kappa shape index (κ1) is 12.5. The van der Waals surface area contributed by atoms with Crippen molar-refractivity contribution in [2.24, 2.45) is 5.92 Å². The van der Waals surface area contributed by atoms with E-state index in [0.717, 1.165) is 0 Å². The highest BCUT2D eigenvalue weighted by Crippen LogP contribution is 2.20. The molecule has 0 saturated heterocycles. The summed E-state index contributed by atoms with van der Waals surface area (Å²) in [6.45, 7) is 4.23. The van der Waals surface area contributed by atoms with Gasteiger partial charge in [-0.25, -0.2) is 4.39 Å². The minimum Gasteiger partial charge on any atom is -0.316 e. The second kappa shape index (κ2) is 5.47. The highest BCUT2D eigenvalue weighted by molar-refractivity contribution is 6.30. The molecule has 1 aromatic carbocycles. The summed E-state index contributed by atoms with van der Waals surface area (Å²) in [7, 11) is 1.90. The second-order valence-corrected chi connectivity index (χ2v) is 4.46. The van der Waals surface area contributed by atoms with Gasteiger partial charge in [0.05, 0.1) is 5.02 Å². The van der Waals surface area contributed by atoms with Crippen LogP contribution in [0.3, 0.4) is 0 Å². The molecular formula is C12H17ClFN. The molecule has 0 amide bonds. The first-order valence-corrected chi connectivity index (χ1v) is 5.54. The minimum absolute atomic E-state index is 0.200. The van der Waals surface area contributed by atoms with Crippen LogP contribution in [0.5, 0.6) is 0 Å². The quantitative estimate of drug-likeness (QED) is 0.836. The molecule has 0 spiro atoms. The van der Waals surface area contributed by atoms with Crippen molar-refractivity contribution in [2.75, 3.05) is 7.05 Å². The molecule has 0 aliphatic carbocycles. The number of likely N-dealkylation sites (N-methyl/N-ethyl adjacent to an activating group) is 1. The maximum atomic E-state index is 13.6. The number of benzene rings is 1. The first-order chi connectivity index (χ1) is 7.06. The smallest absolute Gasteiger partial charge is 0.145 e. The maximum Gasteiger partial charge on any atom is 0.145 e. The van der Waals surface area contributed by atoms with Gasteiger partial charge in [-0.05, 0) is 31.0 Å². The molecular weight excluding hydrogens is 213 g/mol. The number of halogens is 2. The molecule has 1 atom stereocenters. The molecule has 0 aliphatic rings. The fraction of sp³-hybridized carbons (Fsp3) is 0.500. The van der Waals surface area contributed by atoms with Crippen LogP contribution in [0.4, 0.5) is 4.39 Å². The Morgan fingerprint density at radius 3 is 2.60 bits per heavy atom. The zero-order valence-electron chi connectivity index (χ0n) is 9.35. The lowest BCUT2D eigenvalue weighted by Gasteiger charge is -2.20.